The lowest BCUT2D eigenvalue weighted by molar-refractivity contribution is 0.319. The average molecular weight is 195 g/mol. The van der Waals surface area contributed by atoms with Gasteiger partial charge < -0.3 is 0 Å². The monoisotopic (exact) mass is 195 g/mol. The molecule has 1 heterocycles. The molecule has 0 aliphatic rings. The second-order valence-electron chi connectivity index (χ2n) is 4.52. The molecule has 0 saturated carbocycles. The van der Waals surface area contributed by atoms with Gasteiger partial charge in [0.2, 0.25) is 0 Å². The molecule has 0 aromatic carbocycles. The number of aromatic nitrogens is 3. The molecule has 4 nitrogen and oxygen atoms in total. The first kappa shape index (κ1) is 10.8. The van der Waals surface area contributed by atoms with Gasteiger partial charge in [-0.3, -0.25) is 4.57 Å². The zero-order valence-corrected chi connectivity index (χ0v) is 9.19. The Hall–Kier alpha value is -1.32. The molecule has 0 bridgehead atoms. The van der Waals surface area contributed by atoms with Gasteiger partial charge in [-0.15, -0.1) is 0 Å². The van der Waals surface area contributed by atoms with Crippen LogP contribution < -0.4 is 5.69 Å². The van der Waals surface area contributed by atoms with E-state index in [4.69, 9.17) is 0 Å². The molecule has 0 aliphatic heterocycles. The van der Waals surface area contributed by atoms with Gasteiger partial charge in [-0.05, 0) is 12.3 Å². The number of hydrogen-bond acceptors (Lipinski definition) is 2. The molecule has 4 heteroatoms. The summed E-state index contributed by atoms with van der Waals surface area (Å²) < 4.78 is 2.96. The molecule has 0 unspecified atom stereocenters. The second kappa shape index (κ2) is 3.82. The van der Waals surface area contributed by atoms with E-state index in [-0.39, 0.29) is 11.1 Å². The Bertz CT molecular complexity index is 379. The summed E-state index contributed by atoms with van der Waals surface area (Å²) in [4.78, 5) is 11.6. The van der Waals surface area contributed by atoms with E-state index in [2.05, 4.69) is 25.9 Å². The van der Waals surface area contributed by atoms with Gasteiger partial charge in [-0.2, -0.15) is 5.10 Å². The molecular formula is C10H17N3O. The lowest BCUT2D eigenvalue weighted by atomic mass is 9.97. The molecule has 0 saturated heterocycles. The number of nitrogens with zero attached hydrogens (tertiary/aromatic N) is 3. The van der Waals surface area contributed by atoms with Crippen molar-refractivity contribution in [3.63, 3.8) is 0 Å². The van der Waals surface area contributed by atoms with Crippen molar-refractivity contribution in [2.75, 3.05) is 0 Å². The van der Waals surface area contributed by atoms with Crippen LogP contribution in [-0.2, 0) is 6.54 Å². The van der Waals surface area contributed by atoms with Crippen molar-refractivity contribution in [3.8, 4) is 0 Å². The molecule has 0 spiro atoms. The van der Waals surface area contributed by atoms with Gasteiger partial charge in [-0.25, -0.2) is 9.48 Å². The van der Waals surface area contributed by atoms with E-state index in [9.17, 15) is 4.79 Å². The number of allylic oxidation sites excluding steroid dienone is 1. The number of rotatable bonds is 2. The van der Waals surface area contributed by atoms with Crippen LogP contribution in [0.1, 0.15) is 27.7 Å². The average Bonchev–Trinajstić information content (AvgIpc) is 2.34. The molecule has 14 heavy (non-hydrogen) atoms. The van der Waals surface area contributed by atoms with E-state index in [0.29, 0.717) is 6.54 Å². The van der Waals surface area contributed by atoms with Crippen molar-refractivity contribution in [2.45, 2.75) is 34.2 Å². The lowest BCUT2D eigenvalue weighted by Gasteiger charge is -2.16. The molecule has 0 aliphatic carbocycles. The third-order valence-electron chi connectivity index (χ3n) is 1.69. The third kappa shape index (κ3) is 2.58. The molecule has 1 aromatic rings. The summed E-state index contributed by atoms with van der Waals surface area (Å²) in [7, 11) is 0. The van der Waals surface area contributed by atoms with E-state index in [1.165, 1.54) is 15.6 Å². The van der Waals surface area contributed by atoms with Crippen LogP contribution in [0.15, 0.2) is 17.2 Å². The zero-order valence-electron chi connectivity index (χ0n) is 9.19. The van der Waals surface area contributed by atoms with Gasteiger partial charge in [0, 0.05) is 6.20 Å². The van der Waals surface area contributed by atoms with E-state index in [1.807, 2.05) is 13.0 Å². The van der Waals surface area contributed by atoms with Crippen LogP contribution in [0, 0.1) is 5.41 Å². The van der Waals surface area contributed by atoms with Crippen molar-refractivity contribution in [2.24, 2.45) is 5.41 Å². The maximum Gasteiger partial charge on any atom is 0.349 e. The fourth-order valence-corrected chi connectivity index (χ4v) is 1.17. The maximum absolute atomic E-state index is 11.6. The minimum atomic E-state index is -0.0852. The fourth-order valence-electron chi connectivity index (χ4n) is 1.17. The Labute approximate surface area is 83.9 Å². The van der Waals surface area contributed by atoms with Crippen LogP contribution in [0.5, 0.6) is 0 Å². The van der Waals surface area contributed by atoms with Gasteiger partial charge >= 0.3 is 5.69 Å². The summed E-state index contributed by atoms with van der Waals surface area (Å²) >= 11 is 0. The summed E-state index contributed by atoms with van der Waals surface area (Å²) in [6.07, 6.45) is 5.05. The maximum atomic E-state index is 11.6. The minimum Gasteiger partial charge on any atom is -0.257 e. The summed E-state index contributed by atoms with van der Waals surface area (Å²) in [5.74, 6) is 0. The molecular weight excluding hydrogens is 178 g/mol. The Kier molecular flexibility index (Phi) is 2.93. The van der Waals surface area contributed by atoms with E-state index >= 15 is 0 Å². The van der Waals surface area contributed by atoms with Gasteiger partial charge in [0.25, 0.3) is 0 Å². The first-order valence-electron chi connectivity index (χ1n) is 4.71. The number of hydrogen-bond donors (Lipinski definition) is 0. The quantitative estimate of drug-likeness (QED) is 0.718. The van der Waals surface area contributed by atoms with Crippen LogP contribution in [0.4, 0.5) is 0 Å². The smallest absolute Gasteiger partial charge is 0.257 e. The van der Waals surface area contributed by atoms with E-state index < -0.39 is 0 Å². The summed E-state index contributed by atoms with van der Waals surface area (Å²) in [5, 5.41) is 4.04. The van der Waals surface area contributed by atoms with Crippen LogP contribution in [0.3, 0.4) is 0 Å². The molecule has 1 aromatic heterocycles. The van der Waals surface area contributed by atoms with Crippen LogP contribution >= 0.6 is 0 Å². The minimum absolute atomic E-state index is 0.0684. The van der Waals surface area contributed by atoms with Crippen molar-refractivity contribution in [1.29, 1.82) is 0 Å². The normalized spacial score (nSPS) is 12.6. The highest BCUT2D eigenvalue weighted by molar-refractivity contribution is 5.18. The van der Waals surface area contributed by atoms with Gasteiger partial charge in [-0.1, -0.05) is 26.8 Å². The topological polar surface area (TPSA) is 39.8 Å². The Morgan fingerprint density at radius 1 is 1.50 bits per heavy atom. The second-order valence-corrected chi connectivity index (χ2v) is 4.52. The SMILES string of the molecule is C/C=C/n1cnn(CC(C)(C)C)c1=O. The summed E-state index contributed by atoms with van der Waals surface area (Å²) in [6.45, 7) is 8.74. The highest BCUT2D eigenvalue weighted by Gasteiger charge is 2.14. The first-order chi connectivity index (χ1) is 6.44. The van der Waals surface area contributed by atoms with Crippen molar-refractivity contribution < 1.29 is 0 Å². The Morgan fingerprint density at radius 3 is 2.64 bits per heavy atom. The fraction of sp³-hybridized carbons (Fsp3) is 0.600. The molecule has 0 N–H and O–H groups in total. The zero-order chi connectivity index (χ0) is 10.8. The van der Waals surface area contributed by atoms with Crippen molar-refractivity contribution in [3.05, 3.63) is 22.9 Å². The standard InChI is InChI=1S/C10H17N3O/c1-5-6-12-8-11-13(9(12)14)7-10(2,3)4/h5-6,8H,7H2,1-4H3/b6-5+. The van der Waals surface area contributed by atoms with Crippen LogP contribution in [0.2, 0.25) is 0 Å². The summed E-state index contributed by atoms with van der Waals surface area (Å²) in [5.41, 5.74) is -0.0168. The largest absolute Gasteiger partial charge is 0.349 e. The predicted molar refractivity (Wildman–Crippen MR) is 56.9 cm³/mol. The molecule has 0 radical (unpaired) electrons. The van der Waals surface area contributed by atoms with E-state index in [0.717, 1.165) is 0 Å². The highest BCUT2D eigenvalue weighted by Crippen LogP contribution is 2.13. The first-order valence-corrected chi connectivity index (χ1v) is 4.71. The van der Waals surface area contributed by atoms with Gasteiger partial charge in [0.05, 0.1) is 6.54 Å². The molecule has 78 valence electrons. The predicted octanol–water partition coefficient (Wildman–Crippen LogP) is 1.58. The highest BCUT2D eigenvalue weighted by atomic mass is 16.2. The Morgan fingerprint density at radius 2 is 2.14 bits per heavy atom. The molecule has 0 atom stereocenters. The molecule has 0 amide bonds. The molecule has 1 rings (SSSR count). The summed E-state index contributed by atoms with van der Waals surface area (Å²) in [6, 6.07) is 0. The third-order valence-corrected chi connectivity index (χ3v) is 1.69. The van der Waals surface area contributed by atoms with Crippen molar-refractivity contribution in [1.82, 2.24) is 14.3 Å². The lowest BCUT2D eigenvalue weighted by Crippen LogP contribution is -2.28. The molecule has 0 fully saturated rings. The Balaban J connectivity index is 2.97. The van der Waals surface area contributed by atoms with Crippen molar-refractivity contribution >= 4 is 6.20 Å². The van der Waals surface area contributed by atoms with Crippen LogP contribution in [-0.4, -0.2) is 14.3 Å². The van der Waals surface area contributed by atoms with E-state index in [1.54, 1.807) is 6.20 Å². The van der Waals surface area contributed by atoms with Gasteiger partial charge in [0.15, 0.2) is 0 Å². The van der Waals surface area contributed by atoms with Crippen LogP contribution in [0.25, 0.3) is 6.20 Å². The van der Waals surface area contributed by atoms with Gasteiger partial charge in [0.1, 0.15) is 6.33 Å².